The van der Waals surface area contributed by atoms with Gasteiger partial charge >= 0.3 is 0 Å². The predicted octanol–water partition coefficient (Wildman–Crippen LogP) is 1.74. The van der Waals surface area contributed by atoms with Crippen molar-refractivity contribution in [3.8, 4) is 0 Å². The summed E-state index contributed by atoms with van der Waals surface area (Å²) in [6.45, 7) is 6.20. The second-order valence-corrected chi connectivity index (χ2v) is 5.98. The molecule has 4 heteroatoms. The third-order valence-electron chi connectivity index (χ3n) is 3.86. The van der Waals surface area contributed by atoms with Crippen molar-refractivity contribution >= 4 is 5.91 Å². The Balaban J connectivity index is 2.48. The maximum atomic E-state index is 11.2. The van der Waals surface area contributed by atoms with Gasteiger partial charge in [0.2, 0.25) is 5.91 Å². The second-order valence-electron chi connectivity index (χ2n) is 5.98. The Labute approximate surface area is 108 Å². The lowest BCUT2D eigenvalue weighted by Crippen LogP contribution is -2.35. The number of nitrogens with zero attached hydrogens (tertiary/aromatic N) is 1. The summed E-state index contributed by atoms with van der Waals surface area (Å²) in [7, 11) is 0. The van der Waals surface area contributed by atoms with Crippen molar-refractivity contribution in [2.75, 3.05) is 0 Å². The van der Waals surface area contributed by atoms with Gasteiger partial charge < -0.3 is 16.0 Å². The summed E-state index contributed by atoms with van der Waals surface area (Å²) >= 11 is 0. The summed E-state index contributed by atoms with van der Waals surface area (Å²) in [6, 6.07) is 2.31. The molecule has 0 aromatic carbocycles. The molecule has 1 heterocycles. The van der Waals surface area contributed by atoms with E-state index in [0.29, 0.717) is 6.42 Å². The monoisotopic (exact) mass is 249 g/mol. The van der Waals surface area contributed by atoms with Crippen molar-refractivity contribution in [1.29, 1.82) is 0 Å². The number of fused-ring (bicyclic) bond motifs is 1. The predicted molar refractivity (Wildman–Crippen MR) is 72.2 cm³/mol. The number of hydrogen-bond donors (Lipinski definition) is 2. The van der Waals surface area contributed by atoms with E-state index in [2.05, 4.69) is 31.4 Å². The van der Waals surface area contributed by atoms with Crippen LogP contribution in [0.5, 0.6) is 0 Å². The summed E-state index contributed by atoms with van der Waals surface area (Å²) in [5.41, 5.74) is 15.0. The van der Waals surface area contributed by atoms with Crippen molar-refractivity contribution in [1.82, 2.24) is 4.57 Å². The molecule has 2 rings (SSSR count). The summed E-state index contributed by atoms with van der Waals surface area (Å²) in [5.74, 6) is -0.262. The van der Waals surface area contributed by atoms with Gasteiger partial charge in [0.25, 0.3) is 0 Å². The van der Waals surface area contributed by atoms with E-state index >= 15 is 0 Å². The molecule has 18 heavy (non-hydrogen) atoms. The number of aryl methyl sites for hydroxylation is 1. The average molecular weight is 249 g/mol. The molecule has 0 bridgehead atoms. The molecule has 0 saturated carbocycles. The van der Waals surface area contributed by atoms with Crippen LogP contribution < -0.4 is 11.5 Å². The van der Waals surface area contributed by atoms with Crippen LogP contribution in [-0.4, -0.2) is 10.5 Å². The van der Waals surface area contributed by atoms with Gasteiger partial charge in [-0.05, 0) is 51.7 Å². The van der Waals surface area contributed by atoms with E-state index in [1.165, 1.54) is 17.0 Å². The number of carbonyl (C=O) groups excluding carboxylic acids is 1. The van der Waals surface area contributed by atoms with Crippen LogP contribution in [0.25, 0.3) is 0 Å². The van der Waals surface area contributed by atoms with Gasteiger partial charge in [-0.25, -0.2) is 0 Å². The zero-order chi connectivity index (χ0) is 13.5. The number of nitrogens with two attached hydrogens (primary N) is 2. The normalized spacial score (nSPS) is 19.7. The highest BCUT2D eigenvalue weighted by molar-refractivity contribution is 5.74. The molecule has 1 amide bonds. The lowest BCUT2D eigenvalue weighted by Gasteiger charge is -2.32. The van der Waals surface area contributed by atoms with Gasteiger partial charge in [0.1, 0.15) is 0 Å². The average Bonchev–Trinajstić information content (AvgIpc) is 2.54. The van der Waals surface area contributed by atoms with Crippen LogP contribution in [0.1, 0.15) is 56.1 Å². The first-order valence-corrected chi connectivity index (χ1v) is 6.58. The Morgan fingerprint density at radius 3 is 2.83 bits per heavy atom. The number of carbonyl (C=O) groups is 1. The van der Waals surface area contributed by atoms with Gasteiger partial charge in [-0.1, -0.05) is 0 Å². The van der Waals surface area contributed by atoms with Gasteiger partial charge in [-0.3, -0.25) is 4.79 Å². The van der Waals surface area contributed by atoms with Crippen LogP contribution in [0.4, 0.5) is 0 Å². The lowest BCUT2D eigenvalue weighted by molar-refractivity contribution is -0.119. The standard InChI is InChI=1S/C14H23N3O/c1-9-7-10-11(15)5-4-6-12(10)17(9)14(2,3)8-13(16)18/h7,11H,4-6,8,15H2,1-3H3,(H2,16,18). The quantitative estimate of drug-likeness (QED) is 0.856. The Kier molecular flexibility index (Phi) is 3.23. The molecule has 1 aliphatic rings. The molecular formula is C14H23N3O. The van der Waals surface area contributed by atoms with Crippen LogP contribution >= 0.6 is 0 Å². The van der Waals surface area contributed by atoms with Crippen LogP contribution in [0.3, 0.4) is 0 Å². The van der Waals surface area contributed by atoms with Gasteiger partial charge in [-0.15, -0.1) is 0 Å². The van der Waals surface area contributed by atoms with Crippen molar-refractivity contribution in [2.24, 2.45) is 11.5 Å². The van der Waals surface area contributed by atoms with Gasteiger partial charge in [0.05, 0.1) is 0 Å². The van der Waals surface area contributed by atoms with E-state index in [-0.39, 0.29) is 17.5 Å². The smallest absolute Gasteiger partial charge is 0.219 e. The van der Waals surface area contributed by atoms with Crippen molar-refractivity contribution in [2.45, 2.75) is 58.0 Å². The molecule has 4 N–H and O–H groups in total. The number of rotatable bonds is 3. The molecule has 1 aromatic rings. The molecule has 1 aromatic heterocycles. The fourth-order valence-electron chi connectivity index (χ4n) is 3.29. The topological polar surface area (TPSA) is 74.0 Å². The first-order chi connectivity index (χ1) is 8.33. The Bertz CT molecular complexity index is 474. The van der Waals surface area contributed by atoms with E-state index < -0.39 is 0 Å². The fraction of sp³-hybridized carbons (Fsp3) is 0.643. The highest BCUT2D eigenvalue weighted by atomic mass is 16.1. The van der Waals surface area contributed by atoms with Crippen LogP contribution in [0.15, 0.2) is 6.07 Å². The van der Waals surface area contributed by atoms with Crippen molar-refractivity contribution in [3.05, 3.63) is 23.0 Å². The molecular weight excluding hydrogens is 226 g/mol. The van der Waals surface area contributed by atoms with Gasteiger partial charge in [0.15, 0.2) is 0 Å². The maximum absolute atomic E-state index is 11.2. The molecule has 0 radical (unpaired) electrons. The van der Waals surface area contributed by atoms with E-state index in [9.17, 15) is 4.79 Å². The highest BCUT2D eigenvalue weighted by Gasteiger charge is 2.30. The summed E-state index contributed by atoms with van der Waals surface area (Å²) in [6.07, 6.45) is 3.56. The SMILES string of the molecule is Cc1cc2c(n1C(C)(C)CC(N)=O)CCCC2N. The van der Waals surface area contributed by atoms with E-state index in [1.807, 2.05) is 0 Å². The minimum absolute atomic E-state index is 0.137. The van der Waals surface area contributed by atoms with Crippen LogP contribution in [0, 0.1) is 6.92 Å². The van der Waals surface area contributed by atoms with Crippen LogP contribution in [-0.2, 0) is 16.8 Å². The third kappa shape index (κ3) is 2.17. The fourth-order valence-corrected chi connectivity index (χ4v) is 3.29. The highest BCUT2D eigenvalue weighted by Crippen LogP contribution is 2.35. The Hall–Kier alpha value is -1.29. The van der Waals surface area contributed by atoms with Crippen LogP contribution in [0.2, 0.25) is 0 Å². The zero-order valence-corrected chi connectivity index (χ0v) is 11.5. The summed E-state index contributed by atoms with van der Waals surface area (Å²) < 4.78 is 2.26. The molecule has 1 unspecified atom stereocenters. The van der Waals surface area contributed by atoms with Gasteiger partial charge in [0, 0.05) is 29.4 Å². The van der Waals surface area contributed by atoms with E-state index in [0.717, 1.165) is 19.3 Å². The van der Waals surface area contributed by atoms with E-state index in [1.54, 1.807) is 0 Å². The third-order valence-corrected chi connectivity index (χ3v) is 3.86. The number of hydrogen-bond acceptors (Lipinski definition) is 2. The van der Waals surface area contributed by atoms with Gasteiger partial charge in [-0.2, -0.15) is 0 Å². The van der Waals surface area contributed by atoms with Crippen molar-refractivity contribution in [3.63, 3.8) is 0 Å². The largest absolute Gasteiger partial charge is 0.370 e. The van der Waals surface area contributed by atoms with E-state index in [4.69, 9.17) is 11.5 Å². The first-order valence-electron chi connectivity index (χ1n) is 6.58. The second kappa shape index (κ2) is 4.43. The number of primary amides is 1. The molecule has 100 valence electrons. The first kappa shape index (κ1) is 13.1. The molecule has 0 spiro atoms. The molecule has 0 saturated heterocycles. The maximum Gasteiger partial charge on any atom is 0.219 e. The number of amides is 1. The minimum atomic E-state index is -0.277. The molecule has 1 atom stereocenters. The molecule has 0 aliphatic heterocycles. The molecule has 4 nitrogen and oxygen atoms in total. The minimum Gasteiger partial charge on any atom is -0.370 e. The zero-order valence-electron chi connectivity index (χ0n) is 11.5. The molecule has 0 fully saturated rings. The number of aromatic nitrogens is 1. The summed E-state index contributed by atoms with van der Waals surface area (Å²) in [4.78, 5) is 11.2. The summed E-state index contributed by atoms with van der Waals surface area (Å²) in [5, 5.41) is 0. The Morgan fingerprint density at radius 2 is 2.22 bits per heavy atom. The Morgan fingerprint density at radius 1 is 1.56 bits per heavy atom. The molecule has 1 aliphatic carbocycles. The lowest BCUT2D eigenvalue weighted by atomic mass is 9.92. The van der Waals surface area contributed by atoms with Crippen molar-refractivity contribution < 1.29 is 4.79 Å².